The molecule has 0 atom stereocenters. The third kappa shape index (κ3) is 1.62. The summed E-state index contributed by atoms with van der Waals surface area (Å²) in [4.78, 5) is 7.46. The van der Waals surface area contributed by atoms with E-state index < -0.39 is 0 Å². The number of hydrogen-bond acceptors (Lipinski definition) is 1. The van der Waals surface area contributed by atoms with Gasteiger partial charge in [-0.15, -0.1) is 0 Å². The molecule has 0 aliphatic carbocycles. The Labute approximate surface area is 69.5 Å². The normalized spacial score (nSPS) is 11.5. The molecule has 2 heteroatoms. The van der Waals surface area contributed by atoms with Gasteiger partial charge >= 0.3 is 0 Å². The van der Waals surface area contributed by atoms with Crippen LogP contribution in [-0.2, 0) is 0 Å². The monoisotopic (exact) mass is 154 g/mol. The van der Waals surface area contributed by atoms with Crippen LogP contribution in [0.1, 0.15) is 52.3 Å². The van der Waals surface area contributed by atoms with Crippen molar-refractivity contribution in [1.82, 2.24) is 9.97 Å². The zero-order chi connectivity index (χ0) is 8.43. The van der Waals surface area contributed by atoms with Crippen LogP contribution in [0.5, 0.6) is 0 Å². The number of hydrogen-bond donors (Lipinski definition) is 1. The van der Waals surface area contributed by atoms with Gasteiger partial charge in [0.05, 0.1) is 12.0 Å². The van der Waals surface area contributed by atoms with Gasteiger partial charge in [0.2, 0.25) is 0 Å². The summed E-state index contributed by atoms with van der Waals surface area (Å²) in [5.74, 6) is 1.08. The lowest BCUT2D eigenvalue weighted by atomic mass is 10.0. The molecule has 0 unspecified atom stereocenters. The highest BCUT2D eigenvalue weighted by atomic mass is 14.9. The number of nitrogens with one attached hydrogen (secondary N) is 1. The van der Waals surface area contributed by atoms with Crippen molar-refractivity contribution in [3.05, 3.63) is 17.7 Å². The minimum absolute atomic E-state index is 0. The zero-order valence-corrected chi connectivity index (χ0v) is 7.68. The van der Waals surface area contributed by atoms with Gasteiger partial charge in [-0.25, -0.2) is 4.98 Å². The first-order chi connectivity index (χ1) is 5.13. The summed E-state index contributed by atoms with van der Waals surface area (Å²) in [6.07, 6.45) is 1.78. The van der Waals surface area contributed by atoms with Crippen molar-refractivity contribution in [3.8, 4) is 0 Å². The Morgan fingerprint density at radius 1 is 1.27 bits per heavy atom. The minimum Gasteiger partial charge on any atom is -0.348 e. The van der Waals surface area contributed by atoms with Gasteiger partial charge in [-0.1, -0.05) is 27.7 Å². The molecule has 0 bridgehead atoms. The maximum atomic E-state index is 4.28. The van der Waals surface area contributed by atoms with Gasteiger partial charge in [0, 0.05) is 7.12 Å². The fourth-order valence-corrected chi connectivity index (χ4v) is 1.24. The lowest BCUT2D eigenvalue weighted by Gasteiger charge is -2.07. The maximum absolute atomic E-state index is 4.28. The Balaban J connectivity index is 0.00000121. The molecule has 0 amide bonds. The second kappa shape index (κ2) is 3.07. The molecule has 1 heterocycles. The van der Waals surface area contributed by atoms with Crippen molar-refractivity contribution >= 4 is 0 Å². The van der Waals surface area contributed by atoms with Gasteiger partial charge < -0.3 is 4.98 Å². The second-order valence-electron chi connectivity index (χ2n) is 3.51. The number of aromatic nitrogens is 2. The molecule has 1 N–H and O–H groups in total. The largest absolute Gasteiger partial charge is 0.348 e. The molecule has 1 aromatic rings. The van der Waals surface area contributed by atoms with Crippen LogP contribution in [0.25, 0.3) is 0 Å². The molecule has 1 rings (SSSR count). The molecule has 0 saturated carbocycles. The average Bonchev–Trinajstić information content (AvgIpc) is 2.32. The number of H-pyrrole nitrogens is 1. The smallest absolute Gasteiger partial charge is 0.0925 e. The van der Waals surface area contributed by atoms with E-state index >= 15 is 0 Å². The van der Waals surface area contributed by atoms with Crippen LogP contribution in [0.15, 0.2) is 6.33 Å². The van der Waals surface area contributed by atoms with Crippen LogP contribution >= 0.6 is 0 Å². The third-order valence-electron chi connectivity index (χ3n) is 1.82. The van der Waals surface area contributed by atoms with Crippen LogP contribution in [0.2, 0.25) is 0 Å². The lowest BCUT2D eigenvalue weighted by Crippen LogP contribution is -1.96. The van der Waals surface area contributed by atoms with Crippen molar-refractivity contribution < 1.29 is 1.43 Å². The Hall–Kier alpha value is -0.790. The van der Waals surface area contributed by atoms with Crippen molar-refractivity contribution in [2.75, 3.05) is 0 Å². The van der Waals surface area contributed by atoms with Crippen LogP contribution in [0.3, 0.4) is 0 Å². The van der Waals surface area contributed by atoms with Crippen LogP contribution < -0.4 is 0 Å². The van der Waals surface area contributed by atoms with E-state index in [1.54, 1.807) is 6.33 Å². The molecular weight excluding hydrogens is 136 g/mol. The van der Waals surface area contributed by atoms with E-state index in [1.165, 1.54) is 11.4 Å². The highest BCUT2D eigenvalue weighted by molar-refractivity contribution is 5.17. The molecule has 1 aromatic heterocycles. The predicted molar refractivity (Wildman–Crippen MR) is 48.9 cm³/mol. The van der Waals surface area contributed by atoms with Crippen molar-refractivity contribution in [1.29, 1.82) is 0 Å². The van der Waals surface area contributed by atoms with Gasteiger partial charge in [-0.3, -0.25) is 0 Å². The third-order valence-corrected chi connectivity index (χ3v) is 1.82. The highest BCUT2D eigenvalue weighted by Crippen LogP contribution is 2.21. The summed E-state index contributed by atoms with van der Waals surface area (Å²) in [5.41, 5.74) is 2.49. The fraction of sp³-hybridized carbons (Fsp3) is 0.667. The number of aromatic amines is 1. The van der Waals surface area contributed by atoms with Gasteiger partial charge in [-0.05, 0) is 11.8 Å². The average molecular weight is 154 g/mol. The molecule has 0 aromatic carbocycles. The molecule has 0 saturated heterocycles. The standard InChI is InChI=1S/C9H16N2.H2/c1-6(2)8-9(7(3)4)11-5-10-8;/h5-7H,1-4H3,(H,10,11);1H. The molecule has 0 aliphatic heterocycles. The quantitative estimate of drug-likeness (QED) is 0.697. The van der Waals surface area contributed by atoms with Crippen molar-refractivity contribution in [2.24, 2.45) is 0 Å². The predicted octanol–water partition coefficient (Wildman–Crippen LogP) is 2.90. The Morgan fingerprint density at radius 3 is 2.27 bits per heavy atom. The van der Waals surface area contributed by atoms with E-state index in [0.29, 0.717) is 11.8 Å². The van der Waals surface area contributed by atoms with Gasteiger partial charge in [0.15, 0.2) is 0 Å². The molecule has 0 fully saturated rings. The van der Waals surface area contributed by atoms with Crippen molar-refractivity contribution in [2.45, 2.75) is 39.5 Å². The van der Waals surface area contributed by atoms with E-state index in [2.05, 4.69) is 37.7 Å². The molecule has 0 spiro atoms. The highest BCUT2D eigenvalue weighted by Gasteiger charge is 2.11. The van der Waals surface area contributed by atoms with Gasteiger partial charge in [-0.2, -0.15) is 0 Å². The molecule has 0 radical (unpaired) electrons. The van der Waals surface area contributed by atoms with E-state index in [0.717, 1.165) is 0 Å². The zero-order valence-electron chi connectivity index (χ0n) is 7.68. The van der Waals surface area contributed by atoms with E-state index in [1.807, 2.05) is 0 Å². The van der Waals surface area contributed by atoms with Crippen LogP contribution in [0.4, 0.5) is 0 Å². The Morgan fingerprint density at radius 2 is 1.91 bits per heavy atom. The molecular formula is C9H18N2. The summed E-state index contributed by atoms with van der Waals surface area (Å²) < 4.78 is 0. The first-order valence-electron chi connectivity index (χ1n) is 4.16. The number of nitrogens with zero attached hydrogens (tertiary/aromatic N) is 1. The number of imidazole rings is 1. The fourth-order valence-electron chi connectivity index (χ4n) is 1.24. The maximum Gasteiger partial charge on any atom is 0.0925 e. The summed E-state index contributed by atoms with van der Waals surface area (Å²) in [7, 11) is 0. The minimum atomic E-state index is 0. The van der Waals surface area contributed by atoms with Gasteiger partial charge in [0.25, 0.3) is 0 Å². The Bertz CT molecular complexity index is 206. The van der Waals surface area contributed by atoms with Crippen LogP contribution in [0, 0.1) is 0 Å². The molecule has 0 aliphatic rings. The molecule has 11 heavy (non-hydrogen) atoms. The molecule has 2 nitrogen and oxygen atoms in total. The Kier molecular flexibility index (Phi) is 2.32. The van der Waals surface area contributed by atoms with Crippen LogP contribution in [-0.4, -0.2) is 9.97 Å². The van der Waals surface area contributed by atoms with Gasteiger partial charge in [0.1, 0.15) is 0 Å². The second-order valence-corrected chi connectivity index (χ2v) is 3.51. The first-order valence-corrected chi connectivity index (χ1v) is 4.16. The first kappa shape index (κ1) is 8.31. The van der Waals surface area contributed by atoms with E-state index in [4.69, 9.17) is 0 Å². The molecule has 64 valence electrons. The number of rotatable bonds is 2. The summed E-state index contributed by atoms with van der Waals surface area (Å²) in [5, 5.41) is 0. The topological polar surface area (TPSA) is 28.7 Å². The van der Waals surface area contributed by atoms with Crippen molar-refractivity contribution in [3.63, 3.8) is 0 Å². The van der Waals surface area contributed by atoms with E-state index in [-0.39, 0.29) is 1.43 Å². The lowest BCUT2D eigenvalue weighted by molar-refractivity contribution is 0.759. The SMILES string of the molecule is CC(C)c1nc[nH]c1C(C)C.[HH]. The summed E-state index contributed by atoms with van der Waals surface area (Å²) in [6, 6.07) is 0. The summed E-state index contributed by atoms with van der Waals surface area (Å²) >= 11 is 0. The summed E-state index contributed by atoms with van der Waals surface area (Å²) in [6.45, 7) is 8.70. The van der Waals surface area contributed by atoms with E-state index in [9.17, 15) is 0 Å².